The molecule has 0 aliphatic rings. The first-order valence-corrected chi connectivity index (χ1v) is 7.48. The van der Waals surface area contributed by atoms with Crippen LogP contribution in [0.5, 0.6) is 0 Å². The summed E-state index contributed by atoms with van der Waals surface area (Å²) in [4.78, 5) is 11.3. The molecule has 0 amide bonds. The van der Waals surface area contributed by atoms with E-state index in [1.165, 1.54) is 25.3 Å². The molecule has 2 aromatic rings. The van der Waals surface area contributed by atoms with Gasteiger partial charge in [-0.15, -0.1) is 0 Å². The summed E-state index contributed by atoms with van der Waals surface area (Å²) in [7, 11) is -2.42. The topological polar surface area (TPSA) is 112 Å². The van der Waals surface area contributed by atoms with Gasteiger partial charge in [0.25, 0.3) is 0 Å². The number of anilines is 1. The van der Waals surface area contributed by atoms with Crippen molar-refractivity contribution >= 4 is 21.7 Å². The molecule has 0 radical (unpaired) electrons. The molecule has 1 aromatic heterocycles. The first kappa shape index (κ1) is 15.1. The SMILES string of the molecule is COC(=O)c1ccc(CNc2ccc(S(N)(=O)=O)cc2)o1. The third kappa shape index (κ3) is 3.83. The van der Waals surface area contributed by atoms with E-state index in [1.54, 1.807) is 18.2 Å². The second kappa shape index (κ2) is 5.98. The van der Waals surface area contributed by atoms with Crippen LogP contribution >= 0.6 is 0 Å². The van der Waals surface area contributed by atoms with E-state index in [0.717, 1.165) is 0 Å². The summed E-state index contributed by atoms with van der Waals surface area (Å²) in [6.07, 6.45) is 0. The molecular weight excluding hydrogens is 296 g/mol. The van der Waals surface area contributed by atoms with Crippen LogP contribution in [0.4, 0.5) is 5.69 Å². The largest absolute Gasteiger partial charge is 0.463 e. The van der Waals surface area contributed by atoms with E-state index >= 15 is 0 Å². The minimum Gasteiger partial charge on any atom is -0.463 e. The van der Waals surface area contributed by atoms with Crippen molar-refractivity contribution in [3.8, 4) is 0 Å². The second-order valence-corrected chi connectivity index (χ2v) is 5.74. The third-order valence-electron chi connectivity index (χ3n) is 2.70. The summed E-state index contributed by atoms with van der Waals surface area (Å²) in [6, 6.07) is 9.15. The molecule has 8 heteroatoms. The summed E-state index contributed by atoms with van der Waals surface area (Å²) < 4.78 is 32.1. The van der Waals surface area contributed by atoms with E-state index in [9.17, 15) is 13.2 Å². The molecule has 0 saturated carbocycles. The lowest BCUT2D eigenvalue weighted by molar-refractivity contribution is 0.0563. The van der Waals surface area contributed by atoms with E-state index < -0.39 is 16.0 Å². The molecule has 21 heavy (non-hydrogen) atoms. The van der Waals surface area contributed by atoms with Crippen LogP contribution in [0.3, 0.4) is 0 Å². The number of carbonyl (C=O) groups excluding carboxylic acids is 1. The van der Waals surface area contributed by atoms with Gasteiger partial charge in [-0.25, -0.2) is 18.4 Å². The molecule has 0 unspecified atom stereocenters. The number of esters is 1. The average Bonchev–Trinajstić information content (AvgIpc) is 2.92. The molecule has 0 bridgehead atoms. The van der Waals surface area contributed by atoms with Crippen LogP contribution in [-0.4, -0.2) is 21.5 Å². The predicted molar refractivity (Wildman–Crippen MR) is 75.2 cm³/mol. The maximum absolute atomic E-state index is 11.2. The number of hydrogen-bond acceptors (Lipinski definition) is 6. The van der Waals surface area contributed by atoms with Crippen LogP contribution in [-0.2, 0) is 21.3 Å². The Morgan fingerprint density at radius 1 is 1.24 bits per heavy atom. The van der Waals surface area contributed by atoms with E-state index in [4.69, 9.17) is 9.56 Å². The summed E-state index contributed by atoms with van der Waals surface area (Å²) in [6.45, 7) is 0.339. The zero-order valence-corrected chi connectivity index (χ0v) is 12.0. The van der Waals surface area contributed by atoms with Crippen molar-refractivity contribution in [2.75, 3.05) is 12.4 Å². The van der Waals surface area contributed by atoms with Gasteiger partial charge in [0, 0.05) is 5.69 Å². The summed E-state index contributed by atoms with van der Waals surface area (Å²) in [5.41, 5.74) is 0.693. The summed E-state index contributed by atoms with van der Waals surface area (Å²) in [5, 5.41) is 8.04. The monoisotopic (exact) mass is 310 g/mol. The Morgan fingerprint density at radius 3 is 2.48 bits per heavy atom. The Labute approximate surface area is 121 Å². The summed E-state index contributed by atoms with van der Waals surface area (Å²) in [5.74, 6) is 0.128. The molecule has 0 spiro atoms. The lowest BCUT2D eigenvalue weighted by Gasteiger charge is -2.05. The van der Waals surface area contributed by atoms with Crippen LogP contribution in [0.15, 0.2) is 45.7 Å². The third-order valence-corrected chi connectivity index (χ3v) is 3.63. The van der Waals surface area contributed by atoms with E-state index in [1.807, 2.05) is 0 Å². The van der Waals surface area contributed by atoms with Crippen molar-refractivity contribution in [2.24, 2.45) is 5.14 Å². The van der Waals surface area contributed by atoms with Gasteiger partial charge in [0.1, 0.15) is 5.76 Å². The number of nitrogens with two attached hydrogens (primary N) is 1. The first-order valence-electron chi connectivity index (χ1n) is 5.94. The van der Waals surface area contributed by atoms with E-state index in [2.05, 4.69) is 10.1 Å². The van der Waals surface area contributed by atoms with Crippen LogP contribution in [0, 0.1) is 0 Å². The van der Waals surface area contributed by atoms with E-state index in [-0.39, 0.29) is 10.7 Å². The van der Waals surface area contributed by atoms with Crippen molar-refractivity contribution in [1.82, 2.24) is 0 Å². The fourth-order valence-electron chi connectivity index (χ4n) is 1.63. The maximum atomic E-state index is 11.2. The lowest BCUT2D eigenvalue weighted by Crippen LogP contribution is -2.11. The van der Waals surface area contributed by atoms with Gasteiger partial charge in [-0.1, -0.05) is 0 Å². The van der Waals surface area contributed by atoms with Crippen LogP contribution in [0.25, 0.3) is 0 Å². The number of sulfonamides is 1. The second-order valence-electron chi connectivity index (χ2n) is 4.18. The fourth-order valence-corrected chi connectivity index (χ4v) is 2.15. The van der Waals surface area contributed by atoms with Crippen molar-refractivity contribution in [1.29, 1.82) is 0 Å². The number of hydrogen-bond donors (Lipinski definition) is 2. The molecule has 0 saturated heterocycles. The van der Waals surface area contributed by atoms with Gasteiger partial charge in [-0.3, -0.25) is 0 Å². The van der Waals surface area contributed by atoms with Crippen LogP contribution < -0.4 is 10.5 Å². The molecule has 1 heterocycles. The average molecular weight is 310 g/mol. The van der Waals surface area contributed by atoms with Gasteiger partial charge >= 0.3 is 5.97 Å². The number of rotatable bonds is 5. The minimum atomic E-state index is -3.69. The highest BCUT2D eigenvalue weighted by Gasteiger charge is 2.11. The first-order chi connectivity index (χ1) is 9.90. The molecule has 0 aliphatic heterocycles. The molecule has 7 nitrogen and oxygen atoms in total. The van der Waals surface area contributed by atoms with Crippen molar-refractivity contribution in [3.05, 3.63) is 47.9 Å². The normalized spacial score (nSPS) is 11.1. The molecule has 0 atom stereocenters. The zero-order valence-electron chi connectivity index (χ0n) is 11.2. The van der Waals surface area contributed by atoms with Crippen molar-refractivity contribution < 1.29 is 22.4 Å². The molecular formula is C13H14N2O5S. The Bertz CT molecular complexity index is 734. The number of carbonyl (C=O) groups is 1. The van der Waals surface area contributed by atoms with Crippen molar-refractivity contribution in [3.63, 3.8) is 0 Å². The quantitative estimate of drug-likeness (QED) is 0.806. The Morgan fingerprint density at radius 2 is 1.90 bits per heavy atom. The van der Waals surface area contributed by atoms with Gasteiger partial charge in [0.2, 0.25) is 15.8 Å². The molecule has 0 aliphatic carbocycles. The number of benzene rings is 1. The van der Waals surface area contributed by atoms with Gasteiger partial charge < -0.3 is 14.5 Å². The molecule has 2 rings (SSSR count). The zero-order chi connectivity index (χ0) is 15.5. The highest BCUT2D eigenvalue weighted by atomic mass is 32.2. The molecule has 112 valence electrons. The Balaban J connectivity index is 2.00. The molecule has 3 N–H and O–H groups in total. The van der Waals surface area contributed by atoms with E-state index in [0.29, 0.717) is 18.0 Å². The lowest BCUT2D eigenvalue weighted by atomic mass is 10.3. The smallest absolute Gasteiger partial charge is 0.373 e. The Kier molecular flexibility index (Phi) is 4.29. The highest BCUT2D eigenvalue weighted by Crippen LogP contribution is 2.15. The predicted octanol–water partition coefficient (Wildman–Crippen LogP) is 1.33. The minimum absolute atomic E-state index is 0.0408. The fraction of sp³-hybridized carbons (Fsp3) is 0.154. The number of furan rings is 1. The Hall–Kier alpha value is -2.32. The van der Waals surface area contributed by atoms with Gasteiger partial charge in [-0.2, -0.15) is 0 Å². The maximum Gasteiger partial charge on any atom is 0.373 e. The standard InChI is InChI=1S/C13H14N2O5S/c1-19-13(16)12-7-4-10(20-12)8-15-9-2-5-11(6-3-9)21(14,17)18/h2-7,15H,8H2,1H3,(H2,14,17,18). The van der Waals surface area contributed by atoms with Crippen LogP contribution in [0.1, 0.15) is 16.3 Å². The number of ether oxygens (including phenoxy) is 1. The number of methoxy groups -OCH3 is 1. The van der Waals surface area contributed by atoms with Crippen molar-refractivity contribution in [2.45, 2.75) is 11.4 Å². The number of primary sulfonamides is 1. The highest BCUT2D eigenvalue weighted by molar-refractivity contribution is 7.89. The molecule has 0 fully saturated rings. The van der Waals surface area contributed by atoms with Gasteiger partial charge in [-0.05, 0) is 36.4 Å². The molecule has 1 aromatic carbocycles. The number of nitrogens with one attached hydrogen (secondary N) is 1. The van der Waals surface area contributed by atoms with Gasteiger partial charge in [0.05, 0.1) is 18.6 Å². The van der Waals surface area contributed by atoms with Gasteiger partial charge in [0.15, 0.2) is 0 Å². The summed E-state index contributed by atoms with van der Waals surface area (Å²) >= 11 is 0. The van der Waals surface area contributed by atoms with Crippen LogP contribution in [0.2, 0.25) is 0 Å².